The van der Waals surface area contributed by atoms with Crippen molar-refractivity contribution >= 4 is 12.2 Å². The van der Waals surface area contributed by atoms with Crippen molar-refractivity contribution in [2.75, 3.05) is 0 Å². The number of ether oxygens (including phenoxy) is 1. The van der Waals surface area contributed by atoms with E-state index in [4.69, 9.17) is 4.74 Å². The zero-order valence-electron chi connectivity index (χ0n) is 14.5. The number of aromatic nitrogens is 5. The maximum atomic E-state index is 5.84. The minimum Gasteiger partial charge on any atom is -0.489 e. The summed E-state index contributed by atoms with van der Waals surface area (Å²) in [6.45, 7) is 0.510. The number of pyridine rings is 1. The quantitative estimate of drug-likeness (QED) is 0.565. The summed E-state index contributed by atoms with van der Waals surface area (Å²) in [5.74, 6) is 1.36. The molecule has 0 unspecified atom stereocenters. The average molecular weight is 355 g/mol. The number of hydrogen-bond donors (Lipinski definition) is 1. The van der Waals surface area contributed by atoms with Crippen LogP contribution in [-0.4, -0.2) is 25.6 Å². The maximum Gasteiger partial charge on any atom is 0.204 e. The molecule has 0 spiro atoms. The van der Waals surface area contributed by atoms with Gasteiger partial charge in [0.25, 0.3) is 0 Å². The van der Waals surface area contributed by atoms with E-state index in [1.165, 1.54) is 0 Å². The highest BCUT2D eigenvalue weighted by Gasteiger charge is 2.03. The minimum atomic E-state index is 0.510. The first-order chi connectivity index (χ1) is 13.4. The molecule has 132 valence electrons. The maximum absolute atomic E-state index is 5.84. The molecule has 0 saturated heterocycles. The Bertz CT molecular complexity index is 995. The Morgan fingerprint density at radius 2 is 1.52 bits per heavy atom. The van der Waals surface area contributed by atoms with Crippen LogP contribution in [-0.2, 0) is 6.61 Å². The topological polar surface area (TPSA) is 76.6 Å². The molecule has 27 heavy (non-hydrogen) atoms. The zero-order valence-corrected chi connectivity index (χ0v) is 14.5. The van der Waals surface area contributed by atoms with Crippen molar-refractivity contribution in [2.45, 2.75) is 6.61 Å². The van der Waals surface area contributed by atoms with Crippen LogP contribution in [0.1, 0.15) is 16.7 Å². The lowest BCUT2D eigenvalue weighted by Crippen LogP contribution is -1.95. The molecule has 1 N–H and O–H groups in total. The predicted molar refractivity (Wildman–Crippen MR) is 104 cm³/mol. The third-order valence-corrected chi connectivity index (χ3v) is 4.02. The Hall–Kier alpha value is -3.80. The highest BCUT2D eigenvalue weighted by atomic mass is 16.5. The van der Waals surface area contributed by atoms with E-state index in [-0.39, 0.29) is 0 Å². The number of aromatic amines is 1. The molecule has 2 aromatic heterocycles. The van der Waals surface area contributed by atoms with Crippen LogP contribution in [0.4, 0.5) is 0 Å². The Labute approximate surface area is 156 Å². The van der Waals surface area contributed by atoms with Gasteiger partial charge in [-0.15, -0.1) is 10.2 Å². The van der Waals surface area contributed by atoms with Crippen molar-refractivity contribution in [3.8, 4) is 17.1 Å². The molecule has 0 fully saturated rings. The molecule has 0 amide bonds. The normalized spacial score (nSPS) is 11.0. The fourth-order valence-electron chi connectivity index (χ4n) is 2.54. The van der Waals surface area contributed by atoms with Crippen LogP contribution in [0.3, 0.4) is 0 Å². The highest BCUT2D eigenvalue weighted by Crippen LogP contribution is 2.19. The standard InChI is InChI=1S/C21H17N5O/c1(2-17-11-13-22-14-12-17)16-3-5-18(6-4-16)15-27-20-9-7-19(8-10-20)21-23-25-26-24-21/h1-14H,15H2,(H,23,24,25,26)/b2-1+. The fraction of sp³-hybridized carbons (Fsp3) is 0.0476. The second kappa shape index (κ2) is 8.05. The second-order valence-electron chi connectivity index (χ2n) is 5.90. The molecule has 0 saturated carbocycles. The molecule has 4 aromatic rings. The fourth-order valence-corrected chi connectivity index (χ4v) is 2.54. The van der Waals surface area contributed by atoms with Crippen molar-refractivity contribution in [2.24, 2.45) is 0 Å². The highest BCUT2D eigenvalue weighted by molar-refractivity contribution is 5.69. The number of nitrogens with one attached hydrogen (secondary N) is 1. The van der Waals surface area contributed by atoms with E-state index in [2.05, 4.69) is 62.0 Å². The van der Waals surface area contributed by atoms with Crippen LogP contribution in [0.5, 0.6) is 5.75 Å². The predicted octanol–water partition coefficient (Wildman–Crippen LogP) is 4.01. The van der Waals surface area contributed by atoms with Crippen LogP contribution < -0.4 is 4.74 Å². The number of H-pyrrole nitrogens is 1. The molecule has 6 heteroatoms. The van der Waals surface area contributed by atoms with Crippen LogP contribution in [0.25, 0.3) is 23.5 Å². The lowest BCUT2D eigenvalue weighted by molar-refractivity contribution is 0.306. The van der Waals surface area contributed by atoms with Gasteiger partial charge >= 0.3 is 0 Å². The van der Waals surface area contributed by atoms with E-state index >= 15 is 0 Å². The van der Waals surface area contributed by atoms with Crippen LogP contribution in [0.15, 0.2) is 73.1 Å². The SMILES string of the molecule is C(=C\c1ccc(COc2ccc(-c3nn[nH]n3)cc2)cc1)/c1ccncc1. The van der Waals surface area contributed by atoms with Gasteiger partial charge in [0, 0.05) is 18.0 Å². The first-order valence-electron chi connectivity index (χ1n) is 8.50. The summed E-state index contributed by atoms with van der Waals surface area (Å²) in [5.41, 5.74) is 4.27. The molecule has 2 aromatic carbocycles. The van der Waals surface area contributed by atoms with Crippen LogP contribution in [0, 0.1) is 0 Å². The molecule has 0 aliphatic heterocycles. The first kappa shape index (κ1) is 16.7. The summed E-state index contributed by atoms with van der Waals surface area (Å²) < 4.78 is 5.84. The molecule has 0 bridgehead atoms. The van der Waals surface area contributed by atoms with E-state index in [9.17, 15) is 0 Å². The van der Waals surface area contributed by atoms with Gasteiger partial charge in [0.15, 0.2) is 0 Å². The molecule has 6 nitrogen and oxygen atoms in total. The van der Waals surface area contributed by atoms with Gasteiger partial charge in [-0.3, -0.25) is 4.98 Å². The van der Waals surface area contributed by atoms with Crippen LogP contribution in [0.2, 0.25) is 0 Å². The molecule has 0 aliphatic rings. The van der Waals surface area contributed by atoms with E-state index < -0.39 is 0 Å². The average Bonchev–Trinajstić information content (AvgIpc) is 3.28. The van der Waals surface area contributed by atoms with Crippen molar-refractivity contribution in [3.05, 3.63) is 89.7 Å². The lowest BCUT2D eigenvalue weighted by Gasteiger charge is -2.07. The van der Waals surface area contributed by atoms with Gasteiger partial charge < -0.3 is 4.74 Å². The molecule has 2 heterocycles. The molecule has 4 rings (SSSR count). The third kappa shape index (κ3) is 4.43. The largest absolute Gasteiger partial charge is 0.489 e. The third-order valence-electron chi connectivity index (χ3n) is 4.02. The summed E-state index contributed by atoms with van der Waals surface area (Å²) in [5, 5.41) is 13.9. The van der Waals surface area contributed by atoms with E-state index in [0.717, 1.165) is 28.0 Å². The number of rotatable bonds is 6. The second-order valence-corrected chi connectivity index (χ2v) is 5.90. The Kier molecular flexibility index (Phi) is 4.97. The Morgan fingerprint density at radius 3 is 2.19 bits per heavy atom. The zero-order chi connectivity index (χ0) is 18.3. The molecular weight excluding hydrogens is 338 g/mol. The van der Waals surface area contributed by atoms with Crippen molar-refractivity contribution < 1.29 is 4.74 Å². The van der Waals surface area contributed by atoms with E-state index in [0.29, 0.717) is 12.4 Å². The van der Waals surface area contributed by atoms with E-state index in [1.807, 2.05) is 36.4 Å². The van der Waals surface area contributed by atoms with Crippen molar-refractivity contribution in [3.63, 3.8) is 0 Å². The van der Waals surface area contributed by atoms with Gasteiger partial charge in [0.2, 0.25) is 5.82 Å². The lowest BCUT2D eigenvalue weighted by atomic mass is 10.1. The van der Waals surface area contributed by atoms with Crippen molar-refractivity contribution in [1.29, 1.82) is 0 Å². The summed E-state index contributed by atoms with van der Waals surface area (Å²) in [6.07, 6.45) is 7.72. The number of tetrazole rings is 1. The number of benzene rings is 2. The summed E-state index contributed by atoms with van der Waals surface area (Å²) in [7, 11) is 0. The first-order valence-corrected chi connectivity index (χ1v) is 8.50. The number of hydrogen-bond acceptors (Lipinski definition) is 5. The van der Waals surface area contributed by atoms with Crippen molar-refractivity contribution in [1.82, 2.24) is 25.6 Å². The summed E-state index contributed by atoms with van der Waals surface area (Å²) in [4.78, 5) is 4.02. The number of nitrogens with zero attached hydrogens (tertiary/aromatic N) is 4. The molecule has 0 atom stereocenters. The monoisotopic (exact) mass is 355 g/mol. The van der Waals surface area contributed by atoms with Gasteiger partial charge in [0.1, 0.15) is 12.4 Å². The smallest absolute Gasteiger partial charge is 0.204 e. The summed E-state index contributed by atoms with van der Waals surface area (Å²) >= 11 is 0. The minimum absolute atomic E-state index is 0.510. The van der Waals surface area contributed by atoms with Gasteiger partial charge in [0.05, 0.1) is 0 Å². The van der Waals surface area contributed by atoms with Gasteiger partial charge in [-0.2, -0.15) is 5.21 Å². The van der Waals surface area contributed by atoms with Crippen LogP contribution >= 0.6 is 0 Å². The van der Waals surface area contributed by atoms with Gasteiger partial charge in [-0.1, -0.05) is 36.4 Å². The summed E-state index contributed by atoms with van der Waals surface area (Å²) in [6, 6.07) is 19.9. The Morgan fingerprint density at radius 1 is 0.815 bits per heavy atom. The van der Waals surface area contributed by atoms with E-state index in [1.54, 1.807) is 12.4 Å². The molecular formula is C21H17N5O. The Balaban J connectivity index is 1.34. The van der Waals surface area contributed by atoms with Gasteiger partial charge in [-0.05, 0) is 58.3 Å². The van der Waals surface area contributed by atoms with Gasteiger partial charge in [-0.25, -0.2) is 0 Å². The molecule has 0 radical (unpaired) electrons. The molecule has 0 aliphatic carbocycles.